The molecule has 0 aliphatic carbocycles. The summed E-state index contributed by atoms with van der Waals surface area (Å²) in [6.45, 7) is 2.03. The van der Waals surface area contributed by atoms with Crippen LogP contribution >= 0.6 is 11.6 Å². The molecule has 0 radical (unpaired) electrons. The highest BCUT2D eigenvalue weighted by Gasteiger charge is 2.21. The van der Waals surface area contributed by atoms with Crippen LogP contribution < -0.4 is 25.4 Å². The normalized spacial score (nSPS) is 11.2. The van der Waals surface area contributed by atoms with E-state index in [9.17, 15) is 0 Å². The fourth-order valence-corrected chi connectivity index (χ4v) is 5.96. The van der Waals surface area contributed by atoms with Gasteiger partial charge in [0, 0.05) is 67.7 Å². The predicted molar refractivity (Wildman–Crippen MR) is 195 cm³/mol. The maximum Gasteiger partial charge on any atom is 0.227 e. The summed E-state index contributed by atoms with van der Waals surface area (Å²) in [5, 5.41) is 4.90. The molecule has 3 N–H and O–H groups in total. The van der Waals surface area contributed by atoms with Gasteiger partial charge in [0.2, 0.25) is 5.95 Å². The molecule has 48 heavy (non-hydrogen) atoms. The van der Waals surface area contributed by atoms with E-state index in [4.69, 9.17) is 31.8 Å². The van der Waals surface area contributed by atoms with Gasteiger partial charge in [-0.1, -0.05) is 35.9 Å². The zero-order valence-corrected chi connectivity index (χ0v) is 28.5. The van der Waals surface area contributed by atoms with Gasteiger partial charge in [0.1, 0.15) is 18.1 Å². The van der Waals surface area contributed by atoms with Crippen molar-refractivity contribution in [2.45, 2.75) is 6.61 Å². The second kappa shape index (κ2) is 14.2. The van der Waals surface area contributed by atoms with Gasteiger partial charge < -0.3 is 34.9 Å². The van der Waals surface area contributed by atoms with Gasteiger partial charge in [-0.3, -0.25) is 4.98 Å². The lowest BCUT2D eigenvalue weighted by Gasteiger charge is -2.24. The number of methoxy groups -OCH3 is 1. The number of halogens is 1. The monoisotopic (exact) mass is 662 g/mol. The van der Waals surface area contributed by atoms with Crippen molar-refractivity contribution in [2.75, 3.05) is 57.3 Å². The van der Waals surface area contributed by atoms with Gasteiger partial charge in [-0.2, -0.15) is 0 Å². The van der Waals surface area contributed by atoms with Gasteiger partial charge in [0.25, 0.3) is 0 Å². The number of anilines is 4. The van der Waals surface area contributed by atoms with Crippen LogP contribution in [0.25, 0.3) is 33.4 Å². The molecule has 3 heterocycles. The molecule has 0 amide bonds. The first-order valence-corrected chi connectivity index (χ1v) is 15.9. The average Bonchev–Trinajstić information content (AvgIpc) is 3.39. The van der Waals surface area contributed by atoms with Crippen LogP contribution in [0.4, 0.5) is 23.0 Å². The molecule has 246 valence electrons. The Balaban J connectivity index is 1.34. The third-order valence-corrected chi connectivity index (χ3v) is 8.51. The van der Waals surface area contributed by atoms with E-state index in [0.717, 1.165) is 57.9 Å². The number of aromatic nitrogens is 4. The van der Waals surface area contributed by atoms with Crippen LogP contribution in [-0.4, -0.2) is 65.8 Å². The first kappa shape index (κ1) is 32.6. The Morgan fingerprint density at radius 3 is 2.46 bits per heavy atom. The molecule has 0 saturated carbocycles. The van der Waals surface area contributed by atoms with Gasteiger partial charge in [-0.25, -0.2) is 9.97 Å². The van der Waals surface area contributed by atoms with Crippen LogP contribution in [0.15, 0.2) is 91.3 Å². The Bertz CT molecular complexity index is 2050. The number of nitrogens with one attached hydrogen (secondary N) is 1. The van der Waals surface area contributed by atoms with E-state index >= 15 is 0 Å². The first-order valence-electron chi connectivity index (χ1n) is 15.6. The Hall–Kier alpha value is -5.32. The number of pyridine rings is 1. The molecule has 0 atom stereocenters. The SMILES string of the molecule is COc1cc(N(C)CCN(C)C)c(N)cc1Nc1nccc(-c2c(-c3ccc(OCc4ccccn4)c(Cl)c3)n(C)c3ccccc23)n1. The zero-order chi connectivity index (χ0) is 33.8. The number of nitrogen functional groups attached to an aromatic ring is 1. The number of ether oxygens (including phenoxy) is 2. The van der Waals surface area contributed by atoms with Crippen molar-refractivity contribution in [1.29, 1.82) is 0 Å². The van der Waals surface area contributed by atoms with E-state index in [1.165, 1.54) is 0 Å². The van der Waals surface area contributed by atoms with Crippen molar-refractivity contribution in [1.82, 2.24) is 24.4 Å². The summed E-state index contributed by atoms with van der Waals surface area (Å²) in [6.07, 6.45) is 3.49. The van der Waals surface area contributed by atoms with Crippen molar-refractivity contribution in [2.24, 2.45) is 7.05 Å². The highest BCUT2D eigenvalue weighted by molar-refractivity contribution is 6.32. The first-order chi connectivity index (χ1) is 23.2. The molecule has 0 saturated heterocycles. The Labute approximate surface area is 285 Å². The number of para-hydroxylation sites is 1. The Morgan fingerprint density at radius 1 is 0.896 bits per heavy atom. The fourth-order valence-electron chi connectivity index (χ4n) is 5.72. The largest absolute Gasteiger partial charge is 0.494 e. The van der Waals surface area contributed by atoms with Crippen molar-refractivity contribution in [3.8, 4) is 34.0 Å². The Morgan fingerprint density at radius 2 is 1.71 bits per heavy atom. The lowest BCUT2D eigenvalue weighted by molar-refractivity contribution is 0.301. The number of nitrogens with two attached hydrogens (primary N) is 1. The highest BCUT2D eigenvalue weighted by atomic mass is 35.5. The van der Waals surface area contributed by atoms with E-state index in [2.05, 4.69) is 41.8 Å². The second-order valence-electron chi connectivity index (χ2n) is 11.8. The minimum Gasteiger partial charge on any atom is -0.494 e. The molecule has 0 spiro atoms. The number of hydrogen-bond donors (Lipinski definition) is 2. The third-order valence-electron chi connectivity index (χ3n) is 8.21. The molecule has 0 aliphatic heterocycles. The van der Waals surface area contributed by atoms with E-state index in [-0.39, 0.29) is 0 Å². The average molecular weight is 663 g/mol. The minimum atomic E-state index is 0.322. The van der Waals surface area contributed by atoms with Crippen molar-refractivity contribution in [3.05, 3.63) is 102 Å². The smallest absolute Gasteiger partial charge is 0.227 e. The number of rotatable bonds is 12. The van der Waals surface area contributed by atoms with E-state index in [1.54, 1.807) is 19.5 Å². The molecule has 0 unspecified atom stereocenters. The second-order valence-corrected chi connectivity index (χ2v) is 12.2. The summed E-state index contributed by atoms with van der Waals surface area (Å²) in [5.74, 6) is 1.63. The molecule has 11 heteroatoms. The fraction of sp³-hybridized carbons (Fsp3) is 0.216. The standard InChI is InChI=1S/C37H39ClN8O2/c1-44(2)18-19-45(3)32-22-34(47-5)30(21-28(32)39)43-37-41-17-15-29(42-37)35-26-11-6-7-12-31(26)46(4)36(35)24-13-14-33(27(38)20-24)48-23-25-10-8-9-16-40-25/h6-17,20-22H,18-19,23,39H2,1-5H3,(H,41,42,43). The van der Waals surface area contributed by atoms with Gasteiger partial charge in [-0.05, 0) is 62.6 Å². The highest BCUT2D eigenvalue weighted by Crippen LogP contribution is 2.42. The number of benzene rings is 3. The predicted octanol–water partition coefficient (Wildman–Crippen LogP) is 7.26. The Kier molecular flexibility index (Phi) is 9.65. The molecule has 6 rings (SSSR count). The van der Waals surface area contributed by atoms with Gasteiger partial charge in [0.05, 0.1) is 46.3 Å². The molecule has 0 fully saturated rings. The molecule has 3 aromatic heterocycles. The zero-order valence-electron chi connectivity index (χ0n) is 27.7. The van der Waals surface area contributed by atoms with Gasteiger partial charge in [0.15, 0.2) is 0 Å². The number of aryl methyl sites for hydroxylation is 1. The number of likely N-dealkylation sites (N-methyl/N-ethyl adjacent to an activating group) is 2. The third kappa shape index (κ3) is 6.85. The van der Waals surface area contributed by atoms with Gasteiger partial charge >= 0.3 is 0 Å². The van der Waals surface area contributed by atoms with Crippen LogP contribution in [0.1, 0.15) is 5.69 Å². The maximum atomic E-state index is 6.80. The maximum absolute atomic E-state index is 6.80. The van der Waals surface area contributed by atoms with Crippen LogP contribution in [0, 0.1) is 0 Å². The summed E-state index contributed by atoms with van der Waals surface area (Å²) in [5.41, 5.74) is 14.2. The van der Waals surface area contributed by atoms with Crippen molar-refractivity contribution in [3.63, 3.8) is 0 Å². The molecule has 0 aliphatic rings. The number of nitrogens with zero attached hydrogens (tertiary/aromatic N) is 6. The van der Waals surface area contributed by atoms with E-state index in [1.807, 2.05) is 94.9 Å². The molecule has 6 aromatic rings. The van der Waals surface area contributed by atoms with Gasteiger partial charge in [-0.15, -0.1) is 0 Å². The van der Waals surface area contributed by atoms with Crippen LogP contribution in [0.2, 0.25) is 5.02 Å². The quantitative estimate of drug-likeness (QED) is 0.131. The van der Waals surface area contributed by atoms with Crippen molar-refractivity contribution < 1.29 is 9.47 Å². The molecule has 0 bridgehead atoms. The molecule has 10 nitrogen and oxygen atoms in total. The summed E-state index contributed by atoms with van der Waals surface area (Å²) < 4.78 is 13.9. The van der Waals surface area contributed by atoms with E-state index < -0.39 is 0 Å². The van der Waals surface area contributed by atoms with Crippen molar-refractivity contribution >= 4 is 45.5 Å². The summed E-state index contributed by atoms with van der Waals surface area (Å²) in [6, 6.07) is 25.5. The molecular formula is C37H39ClN8O2. The molecular weight excluding hydrogens is 624 g/mol. The summed E-state index contributed by atoms with van der Waals surface area (Å²) >= 11 is 6.80. The summed E-state index contributed by atoms with van der Waals surface area (Å²) in [7, 11) is 9.80. The topological polar surface area (TPSA) is 107 Å². The number of hydrogen-bond acceptors (Lipinski definition) is 9. The van der Waals surface area contributed by atoms with Crippen LogP contribution in [0.5, 0.6) is 11.5 Å². The number of fused-ring (bicyclic) bond motifs is 1. The van der Waals surface area contributed by atoms with Crippen LogP contribution in [0.3, 0.4) is 0 Å². The summed E-state index contributed by atoms with van der Waals surface area (Å²) in [4.78, 5) is 18.1. The lowest BCUT2D eigenvalue weighted by atomic mass is 10.0. The molecule has 3 aromatic carbocycles. The van der Waals surface area contributed by atoms with E-state index in [0.29, 0.717) is 40.5 Å². The van der Waals surface area contributed by atoms with Crippen LogP contribution in [-0.2, 0) is 13.7 Å². The minimum absolute atomic E-state index is 0.322. The lowest BCUT2D eigenvalue weighted by Crippen LogP contribution is -2.29.